The van der Waals surface area contributed by atoms with Gasteiger partial charge in [-0.2, -0.15) is 8.62 Å². The number of phosphoric ester groups is 1. The molecule has 1 fully saturated rings. The Labute approximate surface area is 161 Å². The van der Waals surface area contributed by atoms with Crippen LogP contribution in [0.4, 0.5) is 0 Å². The molecule has 6 N–H and O–H groups in total. The topological polar surface area (TPSA) is 244 Å². The van der Waals surface area contributed by atoms with Crippen LogP contribution in [0.5, 0.6) is 0 Å². The zero-order chi connectivity index (χ0) is 22.3. The van der Waals surface area contributed by atoms with Crippen LogP contribution in [0.2, 0.25) is 0 Å². The van der Waals surface area contributed by atoms with Crippen molar-refractivity contribution in [3.63, 3.8) is 0 Å². The molecule has 16 nitrogen and oxygen atoms in total. The van der Waals surface area contributed by atoms with Gasteiger partial charge in [-0.3, -0.25) is 18.9 Å². The predicted octanol–water partition coefficient (Wildman–Crippen LogP) is -1.08. The van der Waals surface area contributed by atoms with E-state index < -0.39 is 59.3 Å². The average molecular weight is 482 g/mol. The summed E-state index contributed by atoms with van der Waals surface area (Å²) >= 11 is 0. The van der Waals surface area contributed by atoms with Gasteiger partial charge >= 0.3 is 29.2 Å². The highest BCUT2D eigenvalue weighted by molar-refractivity contribution is 7.66. The summed E-state index contributed by atoms with van der Waals surface area (Å²) in [7, 11) is -16.5. The number of ether oxygens (including phenoxy) is 1. The van der Waals surface area contributed by atoms with Crippen molar-refractivity contribution in [1.82, 2.24) is 9.55 Å². The van der Waals surface area contributed by atoms with Gasteiger partial charge in [0.15, 0.2) is 6.23 Å². The van der Waals surface area contributed by atoms with Gasteiger partial charge in [0, 0.05) is 18.7 Å². The lowest BCUT2D eigenvalue weighted by Crippen LogP contribution is -2.40. The third-order valence-electron chi connectivity index (χ3n) is 3.44. The number of hydrogen-bond donors (Lipinski definition) is 6. The summed E-state index contributed by atoms with van der Waals surface area (Å²) in [6, 6.07) is 1.00. The van der Waals surface area contributed by atoms with E-state index in [4.69, 9.17) is 19.4 Å². The molecule has 0 aliphatic carbocycles. The number of hydrogen-bond acceptors (Lipinski definition) is 10. The van der Waals surface area contributed by atoms with Gasteiger partial charge in [-0.1, -0.05) is 0 Å². The molecule has 1 aromatic rings. The molecular weight excluding hydrogens is 465 g/mol. The molecule has 5 unspecified atom stereocenters. The second-order valence-corrected chi connectivity index (χ2v) is 10.5. The molecule has 2 heterocycles. The van der Waals surface area contributed by atoms with Crippen LogP contribution in [-0.4, -0.2) is 52.5 Å². The van der Waals surface area contributed by atoms with Crippen molar-refractivity contribution in [2.45, 2.75) is 31.3 Å². The van der Waals surface area contributed by atoms with E-state index in [-0.39, 0.29) is 6.42 Å². The van der Waals surface area contributed by atoms with Gasteiger partial charge in [0.2, 0.25) is 0 Å². The number of nitrogens with one attached hydrogen (secondary N) is 1. The summed E-state index contributed by atoms with van der Waals surface area (Å²) in [6.07, 6.45) is -1.62. The molecule has 0 amide bonds. The number of phosphoric acid groups is 3. The Balaban J connectivity index is 2.05. The molecule has 5 atom stereocenters. The monoisotopic (exact) mass is 482 g/mol. The number of aromatic nitrogens is 2. The lowest BCUT2D eigenvalue weighted by Gasteiger charge is -2.24. The minimum absolute atomic E-state index is 0.237. The van der Waals surface area contributed by atoms with Gasteiger partial charge in [0.1, 0.15) is 5.60 Å². The molecule has 1 aromatic heterocycles. The largest absolute Gasteiger partial charge is 0.490 e. The Bertz CT molecular complexity index is 1010. The van der Waals surface area contributed by atoms with Gasteiger partial charge in [0.05, 0.1) is 12.7 Å². The van der Waals surface area contributed by atoms with E-state index in [1.807, 2.05) is 4.98 Å². The molecule has 0 aromatic carbocycles. The molecule has 19 heteroatoms. The summed E-state index contributed by atoms with van der Waals surface area (Å²) in [5, 5.41) is 10.4. The maximum absolute atomic E-state index is 11.9. The summed E-state index contributed by atoms with van der Waals surface area (Å²) < 4.78 is 51.3. The minimum atomic E-state index is -5.66. The van der Waals surface area contributed by atoms with E-state index in [1.165, 1.54) is 6.92 Å². The van der Waals surface area contributed by atoms with Gasteiger partial charge in [-0.05, 0) is 6.92 Å². The van der Waals surface area contributed by atoms with E-state index in [0.717, 1.165) is 16.8 Å². The Hall–Kier alpha value is -0.990. The van der Waals surface area contributed by atoms with Crippen molar-refractivity contribution in [2.75, 3.05) is 6.61 Å². The number of H-pyrrole nitrogens is 1. The summed E-state index contributed by atoms with van der Waals surface area (Å²) in [4.78, 5) is 60.3. The van der Waals surface area contributed by atoms with Crippen LogP contribution in [0.25, 0.3) is 0 Å². The first kappa shape index (κ1) is 24.3. The van der Waals surface area contributed by atoms with Gasteiger partial charge in [-0.25, -0.2) is 18.5 Å². The molecule has 166 valence electrons. The second kappa shape index (κ2) is 8.27. The van der Waals surface area contributed by atoms with Crippen LogP contribution in [0.15, 0.2) is 21.9 Å². The zero-order valence-corrected chi connectivity index (χ0v) is 17.1. The number of aliphatic hydroxyl groups is 1. The van der Waals surface area contributed by atoms with Gasteiger partial charge in [-0.15, -0.1) is 0 Å². The molecule has 1 saturated heterocycles. The van der Waals surface area contributed by atoms with Crippen molar-refractivity contribution in [1.29, 1.82) is 0 Å². The maximum Gasteiger partial charge on any atom is 0.490 e. The average Bonchev–Trinajstić information content (AvgIpc) is 2.76. The van der Waals surface area contributed by atoms with Crippen molar-refractivity contribution in [3.05, 3.63) is 33.1 Å². The molecular formula is C10H17N2O14P3. The normalized spacial score (nSPS) is 29.3. The summed E-state index contributed by atoms with van der Waals surface area (Å²) in [5.74, 6) is 0. The fraction of sp³-hybridized carbons (Fsp3) is 0.600. The minimum Gasteiger partial charge on any atom is -0.385 e. The van der Waals surface area contributed by atoms with Crippen LogP contribution < -0.4 is 11.2 Å². The predicted molar refractivity (Wildman–Crippen MR) is 90.3 cm³/mol. The molecule has 1 aliphatic heterocycles. The lowest BCUT2D eigenvalue weighted by atomic mass is 10.0. The first-order valence-corrected chi connectivity index (χ1v) is 12.0. The van der Waals surface area contributed by atoms with Crippen LogP contribution in [-0.2, 0) is 31.6 Å². The third-order valence-corrected chi connectivity index (χ3v) is 7.24. The third kappa shape index (κ3) is 7.03. The van der Waals surface area contributed by atoms with Crippen molar-refractivity contribution in [2.24, 2.45) is 0 Å². The van der Waals surface area contributed by atoms with E-state index in [1.54, 1.807) is 0 Å². The highest BCUT2D eigenvalue weighted by Crippen LogP contribution is 2.66. The van der Waals surface area contributed by atoms with E-state index in [9.17, 15) is 33.3 Å². The van der Waals surface area contributed by atoms with Crippen LogP contribution in [0.3, 0.4) is 0 Å². The first-order chi connectivity index (χ1) is 13.0. The summed E-state index contributed by atoms with van der Waals surface area (Å²) in [6.45, 7) is 0.481. The van der Waals surface area contributed by atoms with Crippen LogP contribution in [0.1, 0.15) is 19.6 Å². The zero-order valence-electron chi connectivity index (χ0n) is 14.4. The molecule has 0 spiro atoms. The van der Waals surface area contributed by atoms with Gasteiger partial charge in [0.25, 0.3) is 5.56 Å². The van der Waals surface area contributed by atoms with Crippen molar-refractivity contribution < 1.29 is 56.3 Å². The highest BCUT2D eigenvalue weighted by Gasteiger charge is 2.47. The first-order valence-electron chi connectivity index (χ1n) is 7.47. The lowest BCUT2D eigenvalue weighted by molar-refractivity contribution is -0.0892. The molecule has 0 saturated carbocycles. The SMILES string of the molecule is CC1(O)CC(COP(=O)(O)OP(=O)(O)OP(=O)(O)O)OC1n1ccc(=O)[nH]c1=O. The van der Waals surface area contributed by atoms with E-state index in [2.05, 4.69) is 13.1 Å². The van der Waals surface area contributed by atoms with E-state index in [0.29, 0.717) is 0 Å². The molecule has 1 aliphatic rings. The van der Waals surface area contributed by atoms with Crippen molar-refractivity contribution in [3.8, 4) is 0 Å². The standard InChI is InChI=1S/C10H17N2O14P3/c1-10(15)4-6(24-8(10)12-3-2-7(13)11-9(12)14)5-23-28(19,20)26-29(21,22)25-27(16,17)18/h2-3,6,8,15H,4-5H2,1H3,(H,19,20)(H,21,22)(H,11,13,14)(H2,16,17,18). The van der Waals surface area contributed by atoms with Crippen LogP contribution >= 0.6 is 23.5 Å². The number of nitrogens with zero attached hydrogens (tertiary/aromatic N) is 1. The molecule has 2 rings (SSSR count). The quantitative estimate of drug-likeness (QED) is 0.241. The fourth-order valence-electron chi connectivity index (χ4n) is 2.49. The molecule has 29 heavy (non-hydrogen) atoms. The Morgan fingerprint density at radius 2 is 1.83 bits per heavy atom. The number of aromatic amines is 1. The molecule has 0 bridgehead atoms. The van der Waals surface area contributed by atoms with Gasteiger partial charge < -0.3 is 29.4 Å². The van der Waals surface area contributed by atoms with E-state index >= 15 is 0 Å². The maximum atomic E-state index is 11.9. The van der Waals surface area contributed by atoms with Crippen molar-refractivity contribution >= 4 is 23.5 Å². The molecule has 0 radical (unpaired) electrons. The number of rotatable bonds is 8. The fourth-order valence-corrected chi connectivity index (χ4v) is 5.54. The Kier molecular flexibility index (Phi) is 6.92. The highest BCUT2D eigenvalue weighted by atomic mass is 31.3. The smallest absolute Gasteiger partial charge is 0.385 e. The summed E-state index contributed by atoms with van der Waals surface area (Å²) in [5.41, 5.74) is -3.27. The second-order valence-electron chi connectivity index (χ2n) is 6.08. The van der Waals surface area contributed by atoms with Crippen LogP contribution in [0, 0.1) is 0 Å². The Morgan fingerprint density at radius 1 is 1.21 bits per heavy atom. The Morgan fingerprint density at radius 3 is 2.38 bits per heavy atom.